The van der Waals surface area contributed by atoms with Crippen LogP contribution in [0.2, 0.25) is 0 Å². The van der Waals surface area contributed by atoms with Gasteiger partial charge in [-0.2, -0.15) is 0 Å². The molecule has 14 heavy (non-hydrogen) atoms. The van der Waals surface area contributed by atoms with Crippen LogP contribution in [0.4, 0.5) is 5.95 Å². The molecule has 1 heterocycles. The van der Waals surface area contributed by atoms with Gasteiger partial charge in [-0.25, -0.2) is 4.98 Å². The maximum absolute atomic E-state index is 4.41. The summed E-state index contributed by atoms with van der Waals surface area (Å²) in [4.78, 5) is 6.56. The Morgan fingerprint density at radius 2 is 2.21 bits per heavy atom. The number of likely N-dealkylation sites (N-methyl/N-ethyl adjacent to an activating group) is 1. The van der Waals surface area contributed by atoms with Gasteiger partial charge in [-0.05, 0) is 27.9 Å². The van der Waals surface area contributed by atoms with Crippen molar-refractivity contribution in [3.8, 4) is 0 Å². The van der Waals surface area contributed by atoms with Gasteiger partial charge in [0.2, 0.25) is 5.95 Å². The van der Waals surface area contributed by atoms with Crippen molar-refractivity contribution in [3.63, 3.8) is 0 Å². The minimum Gasteiger partial charge on any atom is -0.354 e. The van der Waals surface area contributed by atoms with E-state index >= 15 is 0 Å². The van der Waals surface area contributed by atoms with Gasteiger partial charge >= 0.3 is 0 Å². The van der Waals surface area contributed by atoms with Crippen molar-refractivity contribution < 1.29 is 0 Å². The molecule has 0 saturated carbocycles. The van der Waals surface area contributed by atoms with E-state index in [-0.39, 0.29) is 0 Å². The molecule has 0 fully saturated rings. The second-order valence-electron chi connectivity index (χ2n) is 3.72. The van der Waals surface area contributed by atoms with Crippen LogP contribution in [0.3, 0.4) is 0 Å². The van der Waals surface area contributed by atoms with Crippen LogP contribution in [0, 0.1) is 6.92 Å². The predicted molar refractivity (Wildman–Crippen MR) is 59.7 cm³/mol. The van der Waals surface area contributed by atoms with E-state index in [1.807, 2.05) is 6.92 Å². The first kappa shape index (κ1) is 11.0. The number of hydrogen-bond donors (Lipinski definition) is 1. The molecule has 0 aliphatic carbocycles. The van der Waals surface area contributed by atoms with E-state index in [4.69, 9.17) is 0 Å². The van der Waals surface area contributed by atoms with Gasteiger partial charge in [-0.15, -0.1) is 0 Å². The summed E-state index contributed by atoms with van der Waals surface area (Å²) in [5.74, 6) is 0.979. The molecule has 1 rings (SSSR count). The number of nitrogens with one attached hydrogen (secondary N) is 1. The molecule has 1 aromatic rings. The molecule has 0 atom stereocenters. The zero-order valence-electron chi connectivity index (χ0n) is 9.54. The van der Waals surface area contributed by atoms with E-state index in [1.54, 1.807) is 0 Å². The first-order chi connectivity index (χ1) is 6.63. The molecule has 4 nitrogen and oxygen atoms in total. The number of aromatic nitrogens is 2. The Morgan fingerprint density at radius 1 is 1.50 bits per heavy atom. The maximum Gasteiger partial charge on any atom is 0.203 e. The normalized spacial score (nSPS) is 10.9. The van der Waals surface area contributed by atoms with E-state index in [2.05, 4.69) is 47.0 Å². The molecular weight excluding hydrogens is 176 g/mol. The smallest absolute Gasteiger partial charge is 0.203 e. The molecule has 1 aromatic heterocycles. The Kier molecular flexibility index (Phi) is 3.95. The van der Waals surface area contributed by atoms with Crippen LogP contribution >= 0.6 is 0 Å². The van der Waals surface area contributed by atoms with Gasteiger partial charge in [0.25, 0.3) is 0 Å². The van der Waals surface area contributed by atoms with Crippen LogP contribution in [-0.4, -0.2) is 41.6 Å². The highest BCUT2D eigenvalue weighted by molar-refractivity contribution is 5.28. The van der Waals surface area contributed by atoms with Crippen molar-refractivity contribution in [1.82, 2.24) is 14.5 Å². The van der Waals surface area contributed by atoms with Gasteiger partial charge < -0.3 is 14.8 Å². The summed E-state index contributed by atoms with van der Waals surface area (Å²) in [6.07, 6.45) is 2.07. The average Bonchev–Trinajstić information content (AvgIpc) is 2.45. The molecule has 1 N–H and O–H groups in total. The lowest BCUT2D eigenvalue weighted by Crippen LogP contribution is -2.22. The second kappa shape index (κ2) is 5.00. The van der Waals surface area contributed by atoms with E-state index in [9.17, 15) is 0 Å². The van der Waals surface area contributed by atoms with Gasteiger partial charge in [-0.3, -0.25) is 0 Å². The van der Waals surface area contributed by atoms with E-state index < -0.39 is 0 Å². The third-order valence-electron chi connectivity index (χ3n) is 2.08. The predicted octanol–water partition coefficient (Wildman–Crippen LogP) is 1.18. The second-order valence-corrected chi connectivity index (χ2v) is 3.72. The highest BCUT2D eigenvalue weighted by Crippen LogP contribution is 2.07. The lowest BCUT2D eigenvalue weighted by atomic mass is 10.5. The Balaban J connectivity index is 2.48. The zero-order valence-corrected chi connectivity index (χ0v) is 9.54. The number of rotatable bonds is 5. The Morgan fingerprint density at radius 3 is 2.79 bits per heavy atom. The van der Waals surface area contributed by atoms with Crippen molar-refractivity contribution in [1.29, 1.82) is 0 Å². The molecule has 0 spiro atoms. The van der Waals surface area contributed by atoms with Crippen molar-refractivity contribution in [2.24, 2.45) is 0 Å². The number of imidazole rings is 1. The fraction of sp³-hybridized carbons (Fsp3) is 0.700. The Labute approximate surface area is 85.9 Å². The monoisotopic (exact) mass is 196 g/mol. The highest BCUT2D eigenvalue weighted by atomic mass is 15.2. The largest absolute Gasteiger partial charge is 0.354 e. The Bertz CT molecular complexity index is 278. The fourth-order valence-electron chi connectivity index (χ4n) is 1.32. The highest BCUT2D eigenvalue weighted by Gasteiger charge is 2.02. The molecule has 4 heteroatoms. The van der Waals surface area contributed by atoms with Gasteiger partial charge in [0.05, 0.1) is 5.69 Å². The summed E-state index contributed by atoms with van der Waals surface area (Å²) >= 11 is 0. The number of nitrogens with zero attached hydrogens (tertiary/aromatic N) is 3. The third kappa shape index (κ3) is 3.03. The number of aryl methyl sites for hydroxylation is 2. The average molecular weight is 196 g/mol. The van der Waals surface area contributed by atoms with Crippen molar-refractivity contribution in [2.45, 2.75) is 20.4 Å². The SMILES string of the molecule is CCn1cc(C)nc1NCCN(C)C. The summed E-state index contributed by atoms with van der Waals surface area (Å²) in [6.45, 7) is 7.06. The molecule has 0 aliphatic heterocycles. The first-order valence-electron chi connectivity index (χ1n) is 5.06. The van der Waals surface area contributed by atoms with Crippen molar-refractivity contribution >= 4 is 5.95 Å². The summed E-state index contributed by atoms with van der Waals surface area (Å²) in [7, 11) is 4.14. The van der Waals surface area contributed by atoms with Crippen molar-refractivity contribution in [2.75, 3.05) is 32.5 Å². The molecule has 0 aromatic carbocycles. The lowest BCUT2D eigenvalue weighted by molar-refractivity contribution is 0.424. The maximum atomic E-state index is 4.41. The number of hydrogen-bond acceptors (Lipinski definition) is 3. The van der Waals surface area contributed by atoms with Crippen LogP contribution in [0.25, 0.3) is 0 Å². The molecule has 0 amide bonds. The van der Waals surface area contributed by atoms with E-state index in [0.29, 0.717) is 0 Å². The lowest BCUT2D eigenvalue weighted by Gasteiger charge is -2.11. The van der Waals surface area contributed by atoms with E-state index in [1.165, 1.54) is 0 Å². The van der Waals surface area contributed by atoms with Gasteiger partial charge in [0.15, 0.2) is 0 Å². The molecule has 0 radical (unpaired) electrons. The number of anilines is 1. The summed E-state index contributed by atoms with van der Waals surface area (Å²) in [5.41, 5.74) is 1.07. The van der Waals surface area contributed by atoms with Crippen LogP contribution in [0.15, 0.2) is 6.20 Å². The van der Waals surface area contributed by atoms with Crippen LogP contribution in [0.5, 0.6) is 0 Å². The molecule has 0 saturated heterocycles. The molecular formula is C10H20N4. The van der Waals surface area contributed by atoms with Gasteiger partial charge in [0.1, 0.15) is 0 Å². The minimum atomic E-state index is 0.934. The standard InChI is InChI=1S/C10H20N4/c1-5-14-8-9(2)12-10(14)11-6-7-13(3)4/h8H,5-7H2,1-4H3,(H,11,12). The van der Waals surface area contributed by atoms with Crippen molar-refractivity contribution in [3.05, 3.63) is 11.9 Å². The first-order valence-corrected chi connectivity index (χ1v) is 5.06. The van der Waals surface area contributed by atoms with Crippen LogP contribution in [0.1, 0.15) is 12.6 Å². The zero-order chi connectivity index (χ0) is 10.6. The summed E-state index contributed by atoms with van der Waals surface area (Å²) in [5, 5.41) is 3.33. The molecule has 80 valence electrons. The van der Waals surface area contributed by atoms with Crippen LogP contribution < -0.4 is 5.32 Å². The van der Waals surface area contributed by atoms with Crippen LogP contribution in [-0.2, 0) is 6.54 Å². The van der Waals surface area contributed by atoms with E-state index in [0.717, 1.165) is 31.3 Å². The fourth-order valence-corrected chi connectivity index (χ4v) is 1.32. The topological polar surface area (TPSA) is 33.1 Å². The Hall–Kier alpha value is -1.03. The van der Waals surface area contributed by atoms with Gasteiger partial charge in [-0.1, -0.05) is 0 Å². The minimum absolute atomic E-state index is 0.934. The third-order valence-corrected chi connectivity index (χ3v) is 2.08. The summed E-state index contributed by atoms with van der Waals surface area (Å²) < 4.78 is 2.13. The molecule has 0 unspecified atom stereocenters. The quantitative estimate of drug-likeness (QED) is 0.768. The molecule has 0 aliphatic rings. The summed E-state index contributed by atoms with van der Waals surface area (Å²) in [6, 6.07) is 0. The van der Waals surface area contributed by atoms with Gasteiger partial charge in [0, 0.05) is 25.8 Å². The molecule has 0 bridgehead atoms.